The van der Waals surface area contributed by atoms with E-state index >= 15 is 0 Å². The summed E-state index contributed by atoms with van der Waals surface area (Å²) < 4.78 is 0. The molecule has 0 saturated carbocycles. The molecular weight excluding hydrogens is 312 g/mol. The van der Waals surface area contributed by atoms with Crippen molar-refractivity contribution in [3.63, 3.8) is 0 Å². The summed E-state index contributed by atoms with van der Waals surface area (Å²) in [6.07, 6.45) is 1.81. The van der Waals surface area contributed by atoms with Gasteiger partial charge < -0.3 is 20.2 Å². The van der Waals surface area contributed by atoms with Gasteiger partial charge in [0, 0.05) is 49.0 Å². The summed E-state index contributed by atoms with van der Waals surface area (Å²) in [4.78, 5) is 21.5. The lowest BCUT2D eigenvalue weighted by molar-refractivity contribution is 0.194. The van der Waals surface area contributed by atoms with Gasteiger partial charge in [0.1, 0.15) is 5.75 Å². The highest BCUT2D eigenvalue weighted by Crippen LogP contribution is 2.21. The number of phenolic OH excluding ortho intramolecular Hbond substituents is 1. The lowest BCUT2D eigenvalue weighted by Crippen LogP contribution is -2.51. The van der Waals surface area contributed by atoms with Crippen molar-refractivity contribution in [2.45, 2.75) is 13.5 Å². The van der Waals surface area contributed by atoms with Crippen LogP contribution in [0.4, 0.5) is 10.5 Å². The maximum absolute atomic E-state index is 12.2. The average molecular weight is 332 g/mol. The maximum Gasteiger partial charge on any atom is 0.317 e. The second-order valence-corrected chi connectivity index (χ2v) is 6.82. The number of rotatable bonds is 3. The van der Waals surface area contributed by atoms with Gasteiger partial charge in [0.2, 0.25) is 0 Å². The zero-order chi connectivity index (χ0) is 16.2. The van der Waals surface area contributed by atoms with Gasteiger partial charge in [-0.2, -0.15) is 0 Å². The van der Waals surface area contributed by atoms with Crippen LogP contribution in [0.3, 0.4) is 0 Å². The molecule has 6 nitrogen and oxygen atoms in total. The van der Waals surface area contributed by atoms with Gasteiger partial charge in [-0.05, 0) is 19.1 Å². The van der Waals surface area contributed by atoms with Crippen LogP contribution in [0, 0.1) is 6.92 Å². The highest BCUT2D eigenvalue weighted by atomic mass is 32.1. The molecule has 0 atom stereocenters. The van der Waals surface area contributed by atoms with Gasteiger partial charge in [-0.15, -0.1) is 11.3 Å². The van der Waals surface area contributed by atoms with Crippen LogP contribution in [0.1, 0.15) is 9.88 Å². The number of anilines is 1. The normalized spacial score (nSPS) is 14.8. The number of urea groups is 1. The summed E-state index contributed by atoms with van der Waals surface area (Å²) in [5.41, 5.74) is 0.991. The van der Waals surface area contributed by atoms with E-state index < -0.39 is 0 Å². The van der Waals surface area contributed by atoms with E-state index in [0.717, 1.165) is 28.7 Å². The van der Waals surface area contributed by atoms with E-state index in [0.29, 0.717) is 19.6 Å². The molecule has 2 aromatic rings. The predicted octanol–water partition coefficient (Wildman–Crippen LogP) is 2.19. The van der Waals surface area contributed by atoms with Crippen molar-refractivity contribution in [3.05, 3.63) is 40.3 Å². The number of aromatic hydroxyl groups is 1. The topological polar surface area (TPSA) is 68.7 Å². The minimum absolute atomic E-state index is 0.0355. The second kappa shape index (κ2) is 6.87. The molecule has 122 valence electrons. The molecule has 2 heterocycles. The number of benzene rings is 1. The standard InChI is InChI=1S/C16H20N4O2S/c1-12-17-10-15(23-12)11-18-16(22)20-7-5-19(6-8-20)13-3-2-4-14(21)9-13/h2-4,9-10,21H,5-8,11H2,1H3,(H,18,22). The molecule has 3 rings (SSSR count). The molecule has 0 spiro atoms. The van der Waals surface area contributed by atoms with Crippen molar-refractivity contribution in [2.24, 2.45) is 0 Å². The summed E-state index contributed by atoms with van der Waals surface area (Å²) in [7, 11) is 0. The fourth-order valence-electron chi connectivity index (χ4n) is 2.62. The zero-order valence-corrected chi connectivity index (χ0v) is 13.8. The van der Waals surface area contributed by atoms with Gasteiger partial charge >= 0.3 is 6.03 Å². The van der Waals surface area contributed by atoms with E-state index in [1.54, 1.807) is 29.7 Å². The number of piperazine rings is 1. The Morgan fingerprint density at radius 3 is 2.78 bits per heavy atom. The molecule has 2 N–H and O–H groups in total. The Labute approximate surface area is 139 Å². The predicted molar refractivity (Wildman–Crippen MR) is 91.0 cm³/mol. The van der Waals surface area contributed by atoms with Crippen molar-refractivity contribution >= 4 is 23.1 Å². The minimum Gasteiger partial charge on any atom is -0.508 e. The van der Waals surface area contributed by atoms with Gasteiger partial charge in [-0.3, -0.25) is 0 Å². The van der Waals surface area contributed by atoms with Gasteiger partial charge in [-0.1, -0.05) is 6.07 Å². The number of amides is 2. The summed E-state index contributed by atoms with van der Waals surface area (Å²) in [5.74, 6) is 0.266. The SMILES string of the molecule is Cc1ncc(CNC(=O)N2CCN(c3cccc(O)c3)CC2)s1. The van der Waals surface area contributed by atoms with Crippen LogP contribution in [0.25, 0.3) is 0 Å². The van der Waals surface area contributed by atoms with Crippen LogP contribution in [-0.4, -0.2) is 47.2 Å². The number of aryl methyl sites for hydroxylation is 1. The number of nitrogens with one attached hydrogen (secondary N) is 1. The summed E-state index contributed by atoms with van der Waals surface area (Å²) in [6.45, 7) is 5.34. The molecular formula is C16H20N4O2S. The molecule has 2 amide bonds. The molecule has 0 radical (unpaired) electrons. The third kappa shape index (κ3) is 3.92. The van der Waals surface area contributed by atoms with E-state index in [2.05, 4.69) is 15.2 Å². The second-order valence-electron chi connectivity index (χ2n) is 5.50. The fraction of sp³-hybridized carbons (Fsp3) is 0.375. The average Bonchev–Trinajstić information content (AvgIpc) is 2.98. The molecule has 0 aliphatic carbocycles. The Morgan fingerprint density at radius 2 is 2.13 bits per heavy atom. The molecule has 1 aliphatic heterocycles. The van der Waals surface area contributed by atoms with Crippen molar-refractivity contribution in [1.82, 2.24) is 15.2 Å². The monoisotopic (exact) mass is 332 g/mol. The summed E-state index contributed by atoms with van der Waals surface area (Å²) in [5, 5.41) is 13.5. The summed E-state index contributed by atoms with van der Waals surface area (Å²) in [6, 6.07) is 7.19. The number of phenols is 1. The highest BCUT2D eigenvalue weighted by molar-refractivity contribution is 7.11. The number of hydrogen-bond acceptors (Lipinski definition) is 5. The van der Waals surface area contributed by atoms with Crippen LogP contribution in [-0.2, 0) is 6.54 Å². The fourth-order valence-corrected chi connectivity index (χ4v) is 3.35. The first-order valence-corrected chi connectivity index (χ1v) is 8.41. The zero-order valence-electron chi connectivity index (χ0n) is 13.0. The molecule has 1 aromatic carbocycles. The van der Waals surface area contributed by atoms with E-state index in [-0.39, 0.29) is 11.8 Å². The molecule has 1 aromatic heterocycles. The van der Waals surface area contributed by atoms with Crippen LogP contribution >= 0.6 is 11.3 Å². The molecule has 1 saturated heterocycles. The molecule has 0 bridgehead atoms. The Kier molecular flexibility index (Phi) is 4.66. The maximum atomic E-state index is 12.2. The van der Waals surface area contributed by atoms with Crippen molar-refractivity contribution in [1.29, 1.82) is 0 Å². The molecule has 0 unspecified atom stereocenters. The molecule has 1 fully saturated rings. The van der Waals surface area contributed by atoms with Crippen molar-refractivity contribution in [3.8, 4) is 5.75 Å². The van der Waals surface area contributed by atoms with Crippen LogP contribution in [0.15, 0.2) is 30.5 Å². The first-order chi connectivity index (χ1) is 11.1. The van der Waals surface area contributed by atoms with E-state index in [1.807, 2.05) is 24.0 Å². The van der Waals surface area contributed by atoms with Gasteiger partial charge in [0.05, 0.1) is 11.6 Å². The number of carbonyl (C=O) groups is 1. The Hall–Kier alpha value is -2.28. The number of hydrogen-bond donors (Lipinski definition) is 2. The van der Waals surface area contributed by atoms with Gasteiger partial charge in [-0.25, -0.2) is 9.78 Å². The first-order valence-electron chi connectivity index (χ1n) is 7.60. The Balaban J connectivity index is 1.49. The Bertz CT molecular complexity index is 680. The lowest BCUT2D eigenvalue weighted by Gasteiger charge is -2.36. The minimum atomic E-state index is -0.0355. The van der Waals surface area contributed by atoms with Gasteiger partial charge in [0.15, 0.2) is 0 Å². The number of nitrogens with zero attached hydrogens (tertiary/aromatic N) is 3. The summed E-state index contributed by atoms with van der Waals surface area (Å²) >= 11 is 1.60. The highest BCUT2D eigenvalue weighted by Gasteiger charge is 2.21. The van der Waals surface area contributed by atoms with E-state index in [4.69, 9.17) is 0 Å². The third-order valence-corrected chi connectivity index (χ3v) is 4.76. The third-order valence-electron chi connectivity index (χ3n) is 3.84. The molecule has 1 aliphatic rings. The Morgan fingerprint density at radius 1 is 1.35 bits per heavy atom. The number of aromatic nitrogens is 1. The van der Waals surface area contributed by atoms with Crippen molar-refractivity contribution < 1.29 is 9.90 Å². The number of thiazole rings is 1. The lowest BCUT2D eigenvalue weighted by atomic mass is 10.2. The molecule has 7 heteroatoms. The van der Waals surface area contributed by atoms with E-state index in [9.17, 15) is 9.90 Å². The van der Waals surface area contributed by atoms with Crippen LogP contribution in [0.5, 0.6) is 5.75 Å². The van der Waals surface area contributed by atoms with Crippen LogP contribution < -0.4 is 10.2 Å². The van der Waals surface area contributed by atoms with Crippen molar-refractivity contribution in [2.75, 3.05) is 31.1 Å². The molecule has 23 heavy (non-hydrogen) atoms. The quantitative estimate of drug-likeness (QED) is 0.904. The first kappa shape index (κ1) is 15.6. The number of carbonyl (C=O) groups excluding carboxylic acids is 1. The van der Waals surface area contributed by atoms with E-state index in [1.165, 1.54) is 0 Å². The van der Waals surface area contributed by atoms with Crippen LogP contribution in [0.2, 0.25) is 0 Å². The largest absolute Gasteiger partial charge is 0.508 e. The smallest absolute Gasteiger partial charge is 0.317 e. The van der Waals surface area contributed by atoms with Gasteiger partial charge in [0.25, 0.3) is 0 Å².